The van der Waals surface area contributed by atoms with Gasteiger partial charge in [-0.1, -0.05) is 0 Å². The van der Waals surface area contributed by atoms with E-state index >= 15 is 0 Å². The van der Waals surface area contributed by atoms with Crippen molar-refractivity contribution in [3.8, 4) is 0 Å². The summed E-state index contributed by atoms with van der Waals surface area (Å²) in [5.74, 6) is 0.416. The van der Waals surface area contributed by atoms with Crippen LogP contribution in [0.25, 0.3) is 0 Å². The van der Waals surface area contributed by atoms with E-state index in [1.165, 1.54) is 0 Å². The summed E-state index contributed by atoms with van der Waals surface area (Å²) in [4.78, 5) is 3.97. The lowest BCUT2D eigenvalue weighted by Crippen LogP contribution is -1.91. The van der Waals surface area contributed by atoms with Gasteiger partial charge in [-0.15, -0.1) is 11.6 Å². The number of nitrogens with zero attached hydrogens (tertiary/aromatic N) is 1. The number of aromatic nitrogens is 1. The fourth-order valence-electron chi connectivity index (χ4n) is 0.554. The van der Waals surface area contributed by atoms with Gasteiger partial charge in [0.1, 0.15) is 0 Å². The van der Waals surface area contributed by atoms with Gasteiger partial charge < -0.3 is 5.73 Å². The molecule has 0 radical (unpaired) electrons. The number of halogens is 2. The summed E-state index contributed by atoms with van der Waals surface area (Å²) >= 11 is 8.79. The van der Waals surface area contributed by atoms with Gasteiger partial charge in [-0.2, -0.15) is 0 Å². The zero-order chi connectivity index (χ0) is 7.56. The van der Waals surface area contributed by atoms with Crippen LogP contribution >= 0.6 is 27.5 Å². The highest BCUT2D eigenvalue weighted by molar-refractivity contribution is 9.10. The number of nitrogens with two attached hydrogens (primary N) is 1. The lowest BCUT2D eigenvalue weighted by atomic mass is 10.3. The van der Waals surface area contributed by atoms with Gasteiger partial charge in [0.25, 0.3) is 0 Å². The molecule has 0 aromatic carbocycles. The number of alkyl halides is 1. The molecule has 2 nitrogen and oxygen atoms in total. The second-order valence-corrected chi connectivity index (χ2v) is 2.95. The Morgan fingerprint density at radius 1 is 1.70 bits per heavy atom. The predicted molar refractivity (Wildman–Crippen MR) is 45.9 cm³/mol. The molecule has 0 unspecified atom stereocenters. The summed E-state index contributed by atoms with van der Waals surface area (Å²) in [6.45, 7) is 0. The Labute approximate surface area is 72.5 Å². The molecule has 0 aliphatic carbocycles. The molecular weight excluding hydrogens is 215 g/mol. The largest absolute Gasteiger partial charge is 0.397 e. The molecule has 0 aliphatic heterocycles. The first-order valence-electron chi connectivity index (χ1n) is 2.70. The van der Waals surface area contributed by atoms with Crippen LogP contribution in [0.1, 0.15) is 5.69 Å². The van der Waals surface area contributed by atoms with Crippen LogP contribution in [0.4, 0.5) is 5.69 Å². The fourth-order valence-corrected chi connectivity index (χ4v) is 1.07. The molecule has 0 amide bonds. The van der Waals surface area contributed by atoms with Gasteiger partial charge in [0.2, 0.25) is 0 Å². The van der Waals surface area contributed by atoms with Crippen molar-refractivity contribution < 1.29 is 0 Å². The number of pyridine rings is 1. The number of nitrogen functional groups attached to an aromatic ring is 1. The van der Waals surface area contributed by atoms with E-state index in [1.54, 1.807) is 6.20 Å². The van der Waals surface area contributed by atoms with Gasteiger partial charge in [-0.05, 0) is 22.0 Å². The lowest BCUT2D eigenvalue weighted by molar-refractivity contribution is 1.17. The minimum Gasteiger partial charge on any atom is -0.397 e. The third-order valence-electron chi connectivity index (χ3n) is 1.08. The highest BCUT2D eigenvalue weighted by atomic mass is 79.9. The van der Waals surface area contributed by atoms with Crippen molar-refractivity contribution in [1.82, 2.24) is 4.98 Å². The number of anilines is 1. The smallest absolute Gasteiger partial charge is 0.0647 e. The van der Waals surface area contributed by atoms with Crippen molar-refractivity contribution in [2.24, 2.45) is 0 Å². The van der Waals surface area contributed by atoms with E-state index in [2.05, 4.69) is 20.9 Å². The minimum atomic E-state index is 0.416. The maximum Gasteiger partial charge on any atom is 0.0647 e. The molecule has 0 bridgehead atoms. The van der Waals surface area contributed by atoms with Crippen LogP contribution in [-0.2, 0) is 5.88 Å². The van der Waals surface area contributed by atoms with Crippen molar-refractivity contribution in [3.05, 3.63) is 22.4 Å². The summed E-state index contributed by atoms with van der Waals surface area (Å²) in [6, 6.07) is 1.81. The second-order valence-electron chi connectivity index (χ2n) is 1.83. The van der Waals surface area contributed by atoms with Crippen LogP contribution in [0, 0.1) is 0 Å². The Morgan fingerprint density at radius 2 is 2.40 bits per heavy atom. The highest BCUT2D eigenvalue weighted by Crippen LogP contribution is 2.18. The van der Waals surface area contributed by atoms with Gasteiger partial charge >= 0.3 is 0 Å². The third kappa shape index (κ3) is 1.61. The molecule has 0 saturated heterocycles. The van der Waals surface area contributed by atoms with E-state index in [0.29, 0.717) is 11.6 Å². The molecule has 0 saturated carbocycles. The number of hydrogen-bond acceptors (Lipinski definition) is 2. The van der Waals surface area contributed by atoms with E-state index in [0.717, 1.165) is 10.2 Å². The molecule has 1 aromatic rings. The maximum atomic E-state index is 5.53. The molecule has 54 valence electrons. The molecule has 0 aliphatic rings. The van der Waals surface area contributed by atoms with E-state index < -0.39 is 0 Å². The highest BCUT2D eigenvalue weighted by Gasteiger charge is 1.96. The van der Waals surface area contributed by atoms with Crippen LogP contribution in [0.15, 0.2) is 16.7 Å². The number of rotatable bonds is 1. The van der Waals surface area contributed by atoms with Gasteiger partial charge in [0.15, 0.2) is 0 Å². The molecule has 1 heterocycles. The summed E-state index contributed by atoms with van der Waals surface area (Å²) < 4.78 is 0.846. The van der Waals surface area contributed by atoms with Crippen LogP contribution < -0.4 is 5.73 Å². The first kappa shape index (κ1) is 7.82. The first-order valence-corrected chi connectivity index (χ1v) is 4.02. The van der Waals surface area contributed by atoms with Crippen molar-refractivity contribution in [2.75, 3.05) is 5.73 Å². The molecule has 4 heteroatoms. The molecule has 0 fully saturated rings. The van der Waals surface area contributed by atoms with Crippen LogP contribution in [0.5, 0.6) is 0 Å². The average molecular weight is 221 g/mol. The Hall–Kier alpha value is -0.280. The quantitative estimate of drug-likeness (QED) is 0.738. The Balaban J connectivity index is 3.04. The molecule has 1 rings (SSSR count). The zero-order valence-electron chi connectivity index (χ0n) is 5.14. The monoisotopic (exact) mass is 220 g/mol. The molecule has 0 spiro atoms. The predicted octanol–water partition coefficient (Wildman–Crippen LogP) is 2.17. The summed E-state index contributed by atoms with van der Waals surface area (Å²) in [5, 5.41) is 0. The molecule has 10 heavy (non-hydrogen) atoms. The standard InChI is InChI=1S/C6H6BrClN2/c7-5-1-4(2-8)10-3-6(5)9/h1,3H,2,9H2. The summed E-state index contributed by atoms with van der Waals surface area (Å²) in [7, 11) is 0. The Kier molecular flexibility index (Phi) is 2.51. The van der Waals surface area contributed by atoms with Gasteiger partial charge in [-0.25, -0.2) is 0 Å². The Morgan fingerprint density at radius 3 is 2.90 bits per heavy atom. The van der Waals surface area contributed by atoms with Crippen LogP contribution in [0.3, 0.4) is 0 Å². The summed E-state index contributed by atoms with van der Waals surface area (Å²) in [6.07, 6.45) is 1.59. The van der Waals surface area contributed by atoms with Crippen LogP contribution in [-0.4, -0.2) is 4.98 Å². The third-order valence-corrected chi connectivity index (χ3v) is 2.04. The zero-order valence-corrected chi connectivity index (χ0v) is 7.48. The SMILES string of the molecule is Nc1cnc(CCl)cc1Br. The normalized spacial score (nSPS) is 9.80. The maximum absolute atomic E-state index is 5.53. The van der Waals surface area contributed by atoms with Gasteiger partial charge in [-0.3, -0.25) is 4.98 Å². The van der Waals surface area contributed by atoms with Gasteiger partial charge in [0.05, 0.1) is 23.5 Å². The Bertz CT molecular complexity index is 239. The lowest BCUT2D eigenvalue weighted by Gasteiger charge is -1.97. The number of hydrogen-bond donors (Lipinski definition) is 1. The molecule has 0 atom stereocenters. The first-order chi connectivity index (χ1) is 4.74. The fraction of sp³-hybridized carbons (Fsp3) is 0.167. The second kappa shape index (κ2) is 3.21. The topological polar surface area (TPSA) is 38.9 Å². The minimum absolute atomic E-state index is 0.416. The van der Waals surface area contributed by atoms with E-state index in [1.807, 2.05) is 6.07 Å². The van der Waals surface area contributed by atoms with E-state index in [4.69, 9.17) is 17.3 Å². The average Bonchev–Trinajstić information content (AvgIpc) is 1.95. The molecular formula is C6H6BrClN2. The van der Waals surface area contributed by atoms with Crippen molar-refractivity contribution >= 4 is 33.2 Å². The van der Waals surface area contributed by atoms with E-state index in [-0.39, 0.29) is 0 Å². The van der Waals surface area contributed by atoms with Crippen molar-refractivity contribution in [1.29, 1.82) is 0 Å². The van der Waals surface area contributed by atoms with E-state index in [9.17, 15) is 0 Å². The summed E-state index contributed by atoms with van der Waals surface area (Å²) in [5.41, 5.74) is 6.95. The van der Waals surface area contributed by atoms with Crippen LogP contribution in [0.2, 0.25) is 0 Å². The molecule has 1 aromatic heterocycles. The van der Waals surface area contributed by atoms with Crippen molar-refractivity contribution in [3.63, 3.8) is 0 Å². The van der Waals surface area contributed by atoms with Crippen molar-refractivity contribution in [2.45, 2.75) is 5.88 Å². The van der Waals surface area contributed by atoms with Gasteiger partial charge in [0, 0.05) is 4.47 Å². The molecule has 2 N–H and O–H groups in total.